The first-order valence-corrected chi connectivity index (χ1v) is 11.2. The number of benzene rings is 2. The Kier molecular flexibility index (Phi) is 6.32. The number of halogens is 1. The van der Waals surface area contributed by atoms with Crippen molar-refractivity contribution in [3.63, 3.8) is 0 Å². The lowest BCUT2D eigenvalue weighted by Gasteiger charge is -2.36. The van der Waals surface area contributed by atoms with Gasteiger partial charge in [-0.1, -0.05) is 44.0 Å². The lowest BCUT2D eigenvalue weighted by Crippen LogP contribution is -2.29. The Morgan fingerprint density at radius 1 is 0.759 bits per heavy atom. The molecule has 0 amide bonds. The zero-order valence-corrected chi connectivity index (χ0v) is 17.3. The van der Waals surface area contributed by atoms with Crippen LogP contribution in [0.3, 0.4) is 0 Å². The molecule has 4 rings (SSSR count). The SMILES string of the molecule is CC1CCC(C2CCC(C(=O)Oc3ccc(-c4ccc(F)cc4)cc3)CC2)CC1. The first-order valence-electron chi connectivity index (χ1n) is 11.2. The van der Waals surface area contributed by atoms with Gasteiger partial charge in [0.15, 0.2) is 0 Å². The van der Waals surface area contributed by atoms with Crippen LogP contribution >= 0.6 is 0 Å². The van der Waals surface area contributed by atoms with E-state index in [0.717, 1.165) is 41.7 Å². The third-order valence-electron chi connectivity index (χ3n) is 7.08. The lowest BCUT2D eigenvalue weighted by atomic mass is 9.69. The van der Waals surface area contributed by atoms with Gasteiger partial charge in [0.2, 0.25) is 0 Å². The second-order valence-corrected chi connectivity index (χ2v) is 9.08. The zero-order valence-electron chi connectivity index (χ0n) is 17.3. The summed E-state index contributed by atoms with van der Waals surface area (Å²) in [6.07, 6.45) is 9.76. The molecule has 2 fully saturated rings. The van der Waals surface area contributed by atoms with E-state index in [9.17, 15) is 9.18 Å². The first-order chi connectivity index (χ1) is 14.1. The summed E-state index contributed by atoms with van der Waals surface area (Å²) in [7, 11) is 0. The molecule has 2 nitrogen and oxygen atoms in total. The molecule has 2 aromatic rings. The average molecular weight is 395 g/mol. The van der Waals surface area contributed by atoms with Gasteiger partial charge in [-0.15, -0.1) is 0 Å². The van der Waals surface area contributed by atoms with E-state index in [1.807, 2.05) is 24.3 Å². The maximum atomic E-state index is 13.1. The highest BCUT2D eigenvalue weighted by Crippen LogP contribution is 2.41. The Bertz CT molecular complexity index is 796. The van der Waals surface area contributed by atoms with Crippen molar-refractivity contribution in [2.24, 2.45) is 23.7 Å². The summed E-state index contributed by atoms with van der Waals surface area (Å²) in [6.45, 7) is 2.37. The molecule has 0 saturated heterocycles. The van der Waals surface area contributed by atoms with Crippen molar-refractivity contribution in [3.05, 3.63) is 54.3 Å². The van der Waals surface area contributed by atoms with Gasteiger partial charge in [0, 0.05) is 0 Å². The van der Waals surface area contributed by atoms with E-state index in [1.165, 1.54) is 50.7 Å². The molecule has 2 saturated carbocycles. The summed E-state index contributed by atoms with van der Waals surface area (Å²) in [5.41, 5.74) is 1.92. The molecule has 0 atom stereocenters. The highest BCUT2D eigenvalue weighted by molar-refractivity contribution is 5.75. The van der Waals surface area contributed by atoms with E-state index in [2.05, 4.69) is 6.92 Å². The molecular formula is C26H31FO2. The van der Waals surface area contributed by atoms with Crippen molar-refractivity contribution in [2.45, 2.75) is 58.3 Å². The maximum absolute atomic E-state index is 13.1. The van der Waals surface area contributed by atoms with Gasteiger partial charge >= 0.3 is 5.97 Å². The van der Waals surface area contributed by atoms with Gasteiger partial charge in [-0.3, -0.25) is 4.79 Å². The van der Waals surface area contributed by atoms with Crippen molar-refractivity contribution >= 4 is 5.97 Å². The van der Waals surface area contributed by atoms with Gasteiger partial charge in [-0.2, -0.15) is 0 Å². The molecule has 2 aliphatic rings. The number of hydrogen-bond donors (Lipinski definition) is 0. The van der Waals surface area contributed by atoms with Crippen LogP contribution in [0.25, 0.3) is 11.1 Å². The summed E-state index contributed by atoms with van der Waals surface area (Å²) in [4.78, 5) is 12.6. The largest absolute Gasteiger partial charge is 0.426 e. The smallest absolute Gasteiger partial charge is 0.314 e. The Balaban J connectivity index is 1.28. The van der Waals surface area contributed by atoms with Crippen LogP contribution in [0.1, 0.15) is 58.3 Å². The molecule has 0 heterocycles. The van der Waals surface area contributed by atoms with E-state index >= 15 is 0 Å². The lowest BCUT2D eigenvalue weighted by molar-refractivity contribution is -0.140. The van der Waals surface area contributed by atoms with Gasteiger partial charge in [0.25, 0.3) is 0 Å². The second-order valence-electron chi connectivity index (χ2n) is 9.08. The van der Waals surface area contributed by atoms with E-state index in [0.29, 0.717) is 5.75 Å². The van der Waals surface area contributed by atoms with Crippen LogP contribution in [0, 0.1) is 29.5 Å². The minimum Gasteiger partial charge on any atom is -0.426 e. The molecular weight excluding hydrogens is 363 g/mol. The number of carbonyl (C=O) groups excluding carboxylic acids is 1. The fourth-order valence-electron chi connectivity index (χ4n) is 5.14. The summed E-state index contributed by atoms with van der Waals surface area (Å²) in [5, 5.41) is 0. The number of rotatable bonds is 4. The second kappa shape index (κ2) is 9.11. The molecule has 0 aliphatic heterocycles. The van der Waals surface area contributed by atoms with Crippen molar-refractivity contribution < 1.29 is 13.9 Å². The summed E-state index contributed by atoms with van der Waals surface area (Å²) in [6, 6.07) is 13.9. The van der Waals surface area contributed by atoms with Crippen LogP contribution in [0.15, 0.2) is 48.5 Å². The van der Waals surface area contributed by atoms with Crippen LogP contribution in [-0.2, 0) is 4.79 Å². The van der Waals surface area contributed by atoms with Crippen LogP contribution in [0.5, 0.6) is 5.75 Å². The van der Waals surface area contributed by atoms with Crippen molar-refractivity contribution in [3.8, 4) is 16.9 Å². The highest BCUT2D eigenvalue weighted by Gasteiger charge is 2.33. The fraction of sp³-hybridized carbons (Fsp3) is 0.500. The molecule has 0 unspecified atom stereocenters. The van der Waals surface area contributed by atoms with Gasteiger partial charge in [-0.25, -0.2) is 4.39 Å². The third kappa shape index (κ3) is 5.07. The Morgan fingerprint density at radius 2 is 1.24 bits per heavy atom. The van der Waals surface area contributed by atoms with E-state index in [1.54, 1.807) is 12.1 Å². The zero-order chi connectivity index (χ0) is 20.2. The molecule has 0 bridgehead atoms. The molecule has 0 radical (unpaired) electrons. The molecule has 0 N–H and O–H groups in total. The average Bonchev–Trinajstić information content (AvgIpc) is 2.76. The number of carbonyl (C=O) groups is 1. The third-order valence-corrected chi connectivity index (χ3v) is 7.08. The van der Waals surface area contributed by atoms with Crippen LogP contribution in [-0.4, -0.2) is 5.97 Å². The molecule has 0 aromatic heterocycles. The molecule has 2 aromatic carbocycles. The minimum absolute atomic E-state index is 0.0329. The highest BCUT2D eigenvalue weighted by atomic mass is 19.1. The summed E-state index contributed by atoms with van der Waals surface area (Å²) < 4.78 is 18.7. The normalized spacial score (nSPS) is 27.4. The topological polar surface area (TPSA) is 26.3 Å². The molecule has 154 valence electrons. The van der Waals surface area contributed by atoms with E-state index in [4.69, 9.17) is 4.74 Å². The quantitative estimate of drug-likeness (QED) is 0.411. The number of ether oxygens (including phenoxy) is 1. The van der Waals surface area contributed by atoms with Gasteiger partial charge in [0.1, 0.15) is 11.6 Å². The van der Waals surface area contributed by atoms with Crippen LogP contribution in [0.4, 0.5) is 4.39 Å². The van der Waals surface area contributed by atoms with E-state index < -0.39 is 0 Å². The van der Waals surface area contributed by atoms with E-state index in [-0.39, 0.29) is 17.7 Å². The maximum Gasteiger partial charge on any atom is 0.314 e. The van der Waals surface area contributed by atoms with Gasteiger partial charge in [0.05, 0.1) is 5.92 Å². The number of esters is 1. The molecule has 0 spiro atoms. The Labute approximate surface area is 173 Å². The standard InChI is InChI=1S/C26H31FO2/c1-18-2-4-19(5-3-18)20-6-8-23(9-7-20)26(28)29-25-16-12-22(13-17-25)21-10-14-24(27)15-11-21/h10-20,23H,2-9H2,1H3. The monoisotopic (exact) mass is 394 g/mol. The number of hydrogen-bond acceptors (Lipinski definition) is 2. The van der Waals surface area contributed by atoms with Crippen LogP contribution in [0.2, 0.25) is 0 Å². The first kappa shape index (κ1) is 20.1. The van der Waals surface area contributed by atoms with Gasteiger partial charge in [-0.05, 0) is 91.7 Å². The fourth-order valence-corrected chi connectivity index (χ4v) is 5.14. The van der Waals surface area contributed by atoms with Crippen molar-refractivity contribution in [2.75, 3.05) is 0 Å². The molecule has 2 aliphatic carbocycles. The summed E-state index contributed by atoms with van der Waals surface area (Å²) >= 11 is 0. The predicted octanol–water partition coefficient (Wildman–Crippen LogP) is 7.03. The summed E-state index contributed by atoms with van der Waals surface area (Å²) in [5.74, 6) is 2.87. The van der Waals surface area contributed by atoms with Crippen molar-refractivity contribution in [1.82, 2.24) is 0 Å². The van der Waals surface area contributed by atoms with Crippen molar-refractivity contribution in [1.29, 1.82) is 0 Å². The Morgan fingerprint density at radius 3 is 1.79 bits per heavy atom. The molecule has 29 heavy (non-hydrogen) atoms. The Hall–Kier alpha value is -2.16. The van der Waals surface area contributed by atoms with Gasteiger partial charge < -0.3 is 4.74 Å². The van der Waals surface area contributed by atoms with Crippen LogP contribution < -0.4 is 4.74 Å². The molecule has 3 heteroatoms. The predicted molar refractivity (Wildman–Crippen MR) is 114 cm³/mol. The minimum atomic E-state index is -0.243.